The summed E-state index contributed by atoms with van der Waals surface area (Å²) in [5, 5.41) is 3.87. The first-order chi connectivity index (χ1) is 4.81. The molecule has 0 saturated carbocycles. The molecule has 0 aliphatic carbocycles. The molecule has 0 atom stereocenters. The fraction of sp³-hybridized carbons (Fsp3) is 0.600. The van der Waals surface area contributed by atoms with Gasteiger partial charge in [-0.05, 0) is 11.5 Å². The molecule has 0 amide bonds. The molecule has 5 N–H and O–H groups in total. The van der Waals surface area contributed by atoms with Gasteiger partial charge in [-0.2, -0.15) is 0 Å². The van der Waals surface area contributed by atoms with Gasteiger partial charge in [-0.25, -0.2) is 4.99 Å². The van der Waals surface area contributed by atoms with Crippen molar-refractivity contribution in [3.05, 3.63) is 0 Å². The standard InChI is InChI=1S/C5H12N4S/c1-2-3-10-5(6)8-4-9-7/h4H,2-3,7H2,1H3,(H2,6,8,9)/p+1. The molecule has 0 saturated heterocycles. The van der Waals surface area contributed by atoms with Crippen molar-refractivity contribution >= 4 is 23.3 Å². The van der Waals surface area contributed by atoms with E-state index in [1.165, 1.54) is 6.34 Å². The number of nitrogens with one attached hydrogen (secondary N) is 1. The molecule has 0 spiro atoms. The topological polar surface area (TPSA) is 78.4 Å². The highest BCUT2D eigenvalue weighted by molar-refractivity contribution is 8.13. The normalized spacial score (nSPS) is 12.7. The Morgan fingerprint density at radius 3 is 3.00 bits per heavy atom. The average molecular weight is 161 g/mol. The molecule has 58 valence electrons. The Kier molecular flexibility index (Phi) is 5.96. The second-order valence-electron chi connectivity index (χ2n) is 1.64. The van der Waals surface area contributed by atoms with E-state index in [2.05, 4.69) is 17.0 Å². The molecule has 0 bridgehead atoms. The number of rotatable bonds is 3. The van der Waals surface area contributed by atoms with Gasteiger partial charge in [0.15, 0.2) is 0 Å². The lowest BCUT2D eigenvalue weighted by Crippen LogP contribution is -2.73. The molecular weight excluding hydrogens is 148 g/mol. The lowest BCUT2D eigenvalue weighted by molar-refractivity contribution is -0.301. The molecular formula is C5H13N4S+. The number of hydrazone groups is 1. The molecule has 0 aliphatic heterocycles. The molecule has 4 nitrogen and oxygen atoms in total. The van der Waals surface area contributed by atoms with E-state index in [0.717, 1.165) is 12.2 Å². The summed E-state index contributed by atoms with van der Waals surface area (Å²) in [7, 11) is 0. The first kappa shape index (κ1) is 9.29. The number of nitrogens with two attached hydrogens (primary N) is 2. The third-order valence-electron chi connectivity index (χ3n) is 0.743. The molecule has 0 aromatic carbocycles. The Bertz CT molecular complexity index is 132. The van der Waals surface area contributed by atoms with Crippen LogP contribution in [0.3, 0.4) is 0 Å². The summed E-state index contributed by atoms with van der Waals surface area (Å²) >= 11 is 1.55. The molecule has 0 aromatic heterocycles. The lowest BCUT2D eigenvalue weighted by Gasteiger charge is -1.89. The first-order valence-electron chi connectivity index (χ1n) is 3.04. The minimum absolute atomic E-state index is 0.635. The van der Waals surface area contributed by atoms with Crippen molar-refractivity contribution in [2.75, 3.05) is 5.75 Å². The van der Waals surface area contributed by atoms with Crippen LogP contribution in [-0.4, -0.2) is 17.3 Å². The Morgan fingerprint density at radius 2 is 2.50 bits per heavy atom. The van der Waals surface area contributed by atoms with Crippen LogP contribution in [0.2, 0.25) is 0 Å². The van der Waals surface area contributed by atoms with Crippen LogP contribution < -0.4 is 16.6 Å². The number of hydrogen-bond acceptors (Lipinski definition) is 3. The van der Waals surface area contributed by atoms with Crippen LogP contribution in [0.25, 0.3) is 0 Å². The minimum atomic E-state index is 0.635. The highest BCUT2D eigenvalue weighted by atomic mass is 32.2. The van der Waals surface area contributed by atoms with Gasteiger partial charge in [0, 0.05) is 5.75 Å². The van der Waals surface area contributed by atoms with Gasteiger partial charge in [0.05, 0.1) is 0 Å². The Morgan fingerprint density at radius 1 is 1.80 bits per heavy atom. The van der Waals surface area contributed by atoms with E-state index in [-0.39, 0.29) is 0 Å². The van der Waals surface area contributed by atoms with E-state index in [0.29, 0.717) is 5.17 Å². The lowest BCUT2D eigenvalue weighted by atomic mass is 10.6. The van der Waals surface area contributed by atoms with Crippen LogP contribution in [0.5, 0.6) is 0 Å². The summed E-state index contributed by atoms with van der Waals surface area (Å²) < 4.78 is 0. The maximum absolute atomic E-state index is 5.47. The van der Waals surface area contributed by atoms with E-state index >= 15 is 0 Å². The molecule has 5 heteroatoms. The van der Waals surface area contributed by atoms with Gasteiger partial charge in [-0.3, -0.25) is 5.84 Å². The predicted octanol–water partition coefficient (Wildman–Crippen LogP) is -1.57. The quantitative estimate of drug-likeness (QED) is 0.202. The minimum Gasteiger partial charge on any atom is -0.313 e. The summed E-state index contributed by atoms with van der Waals surface area (Å²) in [6.07, 6.45) is 2.46. The average Bonchev–Trinajstić information content (AvgIpc) is 1.97. The summed E-state index contributed by atoms with van der Waals surface area (Å²) in [6.45, 7) is 2.09. The van der Waals surface area contributed by atoms with Gasteiger partial charge < -0.3 is 5.73 Å². The zero-order valence-corrected chi connectivity index (χ0v) is 6.82. The maximum Gasteiger partial charge on any atom is 0.252 e. The number of hydrogen-bond donors (Lipinski definition) is 3. The zero-order chi connectivity index (χ0) is 7.82. The fourth-order valence-electron chi connectivity index (χ4n) is 0.355. The van der Waals surface area contributed by atoms with Gasteiger partial charge in [0.25, 0.3) is 5.17 Å². The Labute approximate surface area is 64.8 Å². The highest BCUT2D eigenvalue weighted by Gasteiger charge is 1.92. The molecule has 0 radical (unpaired) electrons. The molecule has 0 heterocycles. The largest absolute Gasteiger partial charge is 0.313 e. The van der Waals surface area contributed by atoms with Crippen LogP contribution in [0.1, 0.15) is 13.3 Å². The van der Waals surface area contributed by atoms with Crippen molar-refractivity contribution in [3.63, 3.8) is 0 Å². The summed E-state index contributed by atoms with van der Waals surface area (Å²) in [4.78, 5) is 2.71. The molecule has 0 aliphatic rings. The fourth-order valence-corrected chi connectivity index (χ4v) is 0.915. The van der Waals surface area contributed by atoms with Gasteiger partial charge in [0.2, 0.25) is 6.34 Å². The second kappa shape index (κ2) is 6.41. The number of nitrogens with zero attached hydrogens (tertiary/aromatic N) is 1. The monoisotopic (exact) mass is 161 g/mol. The van der Waals surface area contributed by atoms with Crippen molar-refractivity contribution in [1.82, 2.24) is 0 Å². The summed E-state index contributed by atoms with van der Waals surface area (Å²) in [5.41, 5.74) is 5.47. The van der Waals surface area contributed by atoms with Crippen LogP contribution >= 0.6 is 11.8 Å². The third kappa shape index (κ3) is 5.43. The predicted molar refractivity (Wildman–Crippen MR) is 45.6 cm³/mol. The SMILES string of the molecule is CCCSC(N)=[NH+]/C=N/N. The Balaban J connectivity index is 3.49. The van der Waals surface area contributed by atoms with Crippen LogP contribution in [0.4, 0.5) is 0 Å². The maximum atomic E-state index is 5.47. The van der Waals surface area contributed by atoms with Crippen molar-refractivity contribution in [2.24, 2.45) is 16.7 Å². The third-order valence-corrected chi connectivity index (χ3v) is 1.78. The van der Waals surface area contributed by atoms with E-state index in [1.807, 2.05) is 0 Å². The Hall–Kier alpha value is -0.710. The number of thioether (sulfide) groups is 1. The smallest absolute Gasteiger partial charge is 0.252 e. The van der Waals surface area contributed by atoms with Crippen molar-refractivity contribution in [3.8, 4) is 0 Å². The van der Waals surface area contributed by atoms with E-state index in [1.54, 1.807) is 11.8 Å². The zero-order valence-electron chi connectivity index (χ0n) is 6.00. The van der Waals surface area contributed by atoms with Crippen molar-refractivity contribution < 1.29 is 4.99 Å². The number of amidine groups is 1. The summed E-state index contributed by atoms with van der Waals surface area (Å²) in [5.74, 6) is 5.85. The van der Waals surface area contributed by atoms with E-state index in [4.69, 9.17) is 11.6 Å². The molecule has 10 heavy (non-hydrogen) atoms. The van der Waals surface area contributed by atoms with E-state index in [9.17, 15) is 0 Å². The van der Waals surface area contributed by atoms with Gasteiger partial charge >= 0.3 is 0 Å². The van der Waals surface area contributed by atoms with E-state index < -0.39 is 0 Å². The van der Waals surface area contributed by atoms with Crippen molar-refractivity contribution in [1.29, 1.82) is 0 Å². The van der Waals surface area contributed by atoms with Gasteiger partial charge in [-0.1, -0.05) is 18.7 Å². The molecule has 0 fully saturated rings. The van der Waals surface area contributed by atoms with Crippen LogP contribution in [0, 0.1) is 0 Å². The highest BCUT2D eigenvalue weighted by Crippen LogP contribution is 1.96. The van der Waals surface area contributed by atoms with Gasteiger partial charge in [-0.15, -0.1) is 0 Å². The first-order valence-corrected chi connectivity index (χ1v) is 4.03. The van der Waals surface area contributed by atoms with Crippen LogP contribution in [0.15, 0.2) is 5.10 Å². The molecule has 0 unspecified atom stereocenters. The second-order valence-corrected chi connectivity index (χ2v) is 2.77. The summed E-state index contributed by atoms with van der Waals surface area (Å²) in [6, 6.07) is 0. The molecule has 0 rings (SSSR count). The molecule has 0 aromatic rings. The van der Waals surface area contributed by atoms with Gasteiger partial charge in [0.1, 0.15) is 0 Å². The van der Waals surface area contributed by atoms with Crippen LogP contribution in [-0.2, 0) is 0 Å². The van der Waals surface area contributed by atoms with Crippen molar-refractivity contribution in [2.45, 2.75) is 13.3 Å².